The molecule has 0 saturated heterocycles. The Morgan fingerprint density at radius 1 is 1.29 bits per heavy atom. The lowest BCUT2D eigenvalue weighted by atomic mass is 10.0. The molecule has 0 unspecified atom stereocenters. The van der Waals surface area contributed by atoms with Crippen LogP contribution in [0.5, 0.6) is 0 Å². The largest absolute Gasteiger partial charge is 0.397 e. The first kappa shape index (κ1) is 13.4. The van der Waals surface area contributed by atoms with Crippen molar-refractivity contribution in [2.75, 3.05) is 9.62 Å². The highest BCUT2D eigenvalue weighted by Gasteiger charge is 2.31. The van der Waals surface area contributed by atoms with Crippen LogP contribution in [0.2, 0.25) is 0 Å². The molecule has 0 N–H and O–H groups in total. The third-order valence-electron chi connectivity index (χ3n) is 3.40. The number of anilines is 3. The molecule has 1 aliphatic heterocycles. The van der Waals surface area contributed by atoms with Gasteiger partial charge in [-0.1, -0.05) is 12.1 Å². The lowest BCUT2D eigenvalue weighted by molar-refractivity contribution is 0.627. The van der Waals surface area contributed by atoms with Gasteiger partial charge in [-0.2, -0.15) is 0 Å². The Morgan fingerprint density at radius 3 is 2.67 bits per heavy atom. The molecular weight excluding hydrogens is 266 g/mol. The highest BCUT2D eigenvalue weighted by molar-refractivity contribution is 6.53. The maximum Gasteiger partial charge on any atom is 0.397 e. The lowest BCUT2D eigenvalue weighted by Gasteiger charge is -2.23. The topological polar surface area (TPSA) is 23.7 Å². The monoisotopic (exact) mass is 279 g/mol. The standard InChI is InChI=1S/C15H13BFN4/c1-10(2)20-13-6-4-5-7-14(13)21(16-20)15-8-12(18-3)11(17)9-19-15/h4-10H,1-2H3. The van der Waals surface area contributed by atoms with E-state index >= 15 is 0 Å². The van der Waals surface area contributed by atoms with Gasteiger partial charge in [-0.05, 0) is 32.0 Å². The van der Waals surface area contributed by atoms with Gasteiger partial charge in [0.1, 0.15) is 11.6 Å². The number of rotatable bonds is 2. The molecule has 1 aromatic heterocycles. The van der Waals surface area contributed by atoms with Crippen molar-refractivity contribution < 1.29 is 4.39 Å². The van der Waals surface area contributed by atoms with E-state index in [4.69, 9.17) is 6.57 Å². The summed E-state index contributed by atoms with van der Waals surface area (Å²) < 4.78 is 13.4. The van der Waals surface area contributed by atoms with Crippen molar-refractivity contribution in [1.29, 1.82) is 0 Å². The third-order valence-corrected chi connectivity index (χ3v) is 3.40. The van der Waals surface area contributed by atoms with E-state index in [1.165, 1.54) is 6.07 Å². The third kappa shape index (κ3) is 2.21. The molecule has 0 aliphatic carbocycles. The van der Waals surface area contributed by atoms with Crippen molar-refractivity contribution >= 4 is 30.4 Å². The van der Waals surface area contributed by atoms with Gasteiger partial charge < -0.3 is 9.62 Å². The maximum atomic E-state index is 13.4. The second-order valence-corrected chi connectivity index (χ2v) is 5.08. The van der Waals surface area contributed by atoms with Gasteiger partial charge in [0.05, 0.1) is 18.5 Å². The molecule has 0 spiro atoms. The van der Waals surface area contributed by atoms with Crippen LogP contribution in [-0.2, 0) is 0 Å². The second-order valence-electron chi connectivity index (χ2n) is 5.08. The number of fused-ring (bicyclic) bond motifs is 1. The summed E-state index contributed by atoms with van der Waals surface area (Å²) >= 11 is 0. The van der Waals surface area contributed by atoms with Crippen LogP contribution in [0.25, 0.3) is 4.85 Å². The quantitative estimate of drug-likeness (QED) is 0.619. The normalized spacial score (nSPS) is 13.1. The van der Waals surface area contributed by atoms with Crippen LogP contribution in [0, 0.1) is 12.4 Å². The Labute approximate surface area is 123 Å². The van der Waals surface area contributed by atoms with Crippen LogP contribution >= 0.6 is 0 Å². The van der Waals surface area contributed by atoms with E-state index in [2.05, 4.69) is 28.5 Å². The van der Waals surface area contributed by atoms with E-state index in [1.807, 2.05) is 36.6 Å². The van der Waals surface area contributed by atoms with Crippen LogP contribution < -0.4 is 9.62 Å². The smallest absolute Gasteiger partial charge is 0.395 e. The Balaban J connectivity index is 2.07. The number of benzene rings is 1. The molecule has 1 radical (unpaired) electrons. The minimum atomic E-state index is -0.595. The van der Waals surface area contributed by atoms with Gasteiger partial charge in [0.25, 0.3) is 0 Å². The van der Waals surface area contributed by atoms with Gasteiger partial charge >= 0.3 is 7.55 Å². The average Bonchev–Trinajstić information content (AvgIpc) is 2.88. The predicted molar refractivity (Wildman–Crippen MR) is 82.4 cm³/mol. The molecule has 21 heavy (non-hydrogen) atoms. The van der Waals surface area contributed by atoms with E-state index < -0.39 is 5.82 Å². The highest BCUT2D eigenvalue weighted by atomic mass is 19.1. The van der Waals surface area contributed by atoms with Gasteiger partial charge in [-0.25, -0.2) is 14.2 Å². The number of pyridine rings is 1. The van der Waals surface area contributed by atoms with Crippen LogP contribution in [-0.4, -0.2) is 18.6 Å². The van der Waals surface area contributed by atoms with Crippen molar-refractivity contribution in [2.24, 2.45) is 0 Å². The molecule has 2 heterocycles. The molecule has 1 aliphatic rings. The summed E-state index contributed by atoms with van der Waals surface area (Å²) in [7, 11) is 1.93. The van der Waals surface area contributed by atoms with Crippen molar-refractivity contribution in [3.63, 3.8) is 0 Å². The minimum Gasteiger partial charge on any atom is -0.395 e. The lowest BCUT2D eigenvalue weighted by Crippen LogP contribution is -2.37. The van der Waals surface area contributed by atoms with Gasteiger partial charge in [0, 0.05) is 11.7 Å². The van der Waals surface area contributed by atoms with Gasteiger partial charge in [0.15, 0.2) is 0 Å². The van der Waals surface area contributed by atoms with Gasteiger partial charge in [-0.3, -0.25) is 0 Å². The Kier molecular flexibility index (Phi) is 3.26. The molecule has 103 valence electrons. The predicted octanol–water partition coefficient (Wildman–Crippen LogP) is 3.67. The number of hydrogen-bond donors (Lipinski definition) is 0. The number of halogens is 1. The molecule has 0 saturated carbocycles. The van der Waals surface area contributed by atoms with Crippen LogP contribution in [0.15, 0.2) is 36.5 Å². The fourth-order valence-corrected chi connectivity index (χ4v) is 2.36. The zero-order valence-electron chi connectivity index (χ0n) is 11.8. The van der Waals surface area contributed by atoms with Crippen LogP contribution in [0.3, 0.4) is 0 Å². The van der Waals surface area contributed by atoms with Gasteiger partial charge in [0.2, 0.25) is 5.69 Å². The molecule has 0 atom stereocenters. The van der Waals surface area contributed by atoms with Crippen molar-refractivity contribution in [2.45, 2.75) is 19.9 Å². The van der Waals surface area contributed by atoms with E-state index in [9.17, 15) is 4.39 Å². The van der Waals surface area contributed by atoms with Crippen molar-refractivity contribution in [3.8, 4) is 0 Å². The summed E-state index contributed by atoms with van der Waals surface area (Å²) in [6, 6.07) is 9.70. The maximum absolute atomic E-state index is 13.4. The van der Waals surface area contributed by atoms with Crippen LogP contribution in [0.1, 0.15) is 13.8 Å². The second kappa shape index (κ2) is 5.10. The fourth-order valence-electron chi connectivity index (χ4n) is 2.36. The van der Waals surface area contributed by atoms with E-state index in [-0.39, 0.29) is 11.7 Å². The Hall–Kier alpha value is -2.55. The van der Waals surface area contributed by atoms with E-state index in [1.54, 1.807) is 0 Å². The summed E-state index contributed by atoms with van der Waals surface area (Å²) in [6.45, 7) is 11.2. The zero-order valence-corrected chi connectivity index (χ0v) is 11.8. The SMILES string of the molecule is [C-]#[N+]c1cc(N2[B]N(C(C)C)c3ccccc32)ncc1F. The number of nitrogens with zero attached hydrogens (tertiary/aromatic N) is 4. The number of para-hydroxylation sites is 2. The highest BCUT2D eigenvalue weighted by Crippen LogP contribution is 2.40. The summed E-state index contributed by atoms with van der Waals surface area (Å²) in [5, 5.41) is 0. The first-order valence-electron chi connectivity index (χ1n) is 6.66. The number of aromatic nitrogens is 1. The van der Waals surface area contributed by atoms with Crippen LogP contribution in [0.4, 0.5) is 27.3 Å². The zero-order chi connectivity index (χ0) is 15.0. The minimum absolute atomic E-state index is 0.0196. The first-order valence-corrected chi connectivity index (χ1v) is 6.66. The summed E-state index contributed by atoms with van der Waals surface area (Å²) in [5.41, 5.74) is 2.03. The molecule has 0 fully saturated rings. The molecule has 0 amide bonds. The summed E-state index contributed by atoms with van der Waals surface area (Å²) in [5.74, 6) is -0.0556. The summed E-state index contributed by atoms with van der Waals surface area (Å²) in [6.07, 6.45) is 1.09. The van der Waals surface area contributed by atoms with Gasteiger partial charge in [-0.15, -0.1) is 0 Å². The summed E-state index contributed by atoms with van der Waals surface area (Å²) in [4.78, 5) is 11.3. The fraction of sp³-hybridized carbons (Fsp3) is 0.200. The van der Waals surface area contributed by atoms with Crippen molar-refractivity contribution in [1.82, 2.24) is 4.98 Å². The molecule has 4 nitrogen and oxygen atoms in total. The Morgan fingerprint density at radius 2 is 2.00 bits per heavy atom. The molecule has 6 heteroatoms. The number of hydrogen-bond acceptors (Lipinski definition) is 3. The van der Waals surface area contributed by atoms with Crippen molar-refractivity contribution in [3.05, 3.63) is 53.8 Å². The molecule has 1 aromatic carbocycles. The Bertz CT molecular complexity index is 726. The molecule has 2 aromatic rings. The van der Waals surface area contributed by atoms with E-state index in [0.29, 0.717) is 5.82 Å². The first-order chi connectivity index (χ1) is 10.1. The molecular formula is C15H13BFN4. The molecule has 0 bridgehead atoms. The van der Waals surface area contributed by atoms with E-state index in [0.717, 1.165) is 17.6 Å². The average molecular weight is 279 g/mol. The molecule has 3 rings (SSSR count).